The first-order valence-corrected chi connectivity index (χ1v) is 5.13. The maximum atomic E-state index is 5.73. The zero-order valence-electron chi connectivity index (χ0n) is 8.81. The smallest absolute Gasteiger partial charge is 0.112 e. The topological polar surface area (TPSA) is 30.3 Å². The first-order valence-electron chi connectivity index (χ1n) is 5.13. The van der Waals surface area contributed by atoms with Crippen molar-refractivity contribution in [2.24, 2.45) is 7.05 Å². The van der Waals surface area contributed by atoms with E-state index in [-0.39, 0.29) is 6.10 Å². The molecule has 0 amide bonds. The lowest BCUT2D eigenvalue weighted by Crippen LogP contribution is -2.38. The predicted molar refractivity (Wildman–Crippen MR) is 54.0 cm³/mol. The van der Waals surface area contributed by atoms with Gasteiger partial charge in [-0.25, -0.2) is 0 Å². The van der Waals surface area contributed by atoms with Crippen LogP contribution in [0.15, 0.2) is 12.3 Å². The molecule has 1 saturated heterocycles. The van der Waals surface area contributed by atoms with Crippen molar-refractivity contribution in [3.05, 3.63) is 18.0 Å². The molecular formula is C10H17N3O. The predicted octanol–water partition coefficient (Wildman–Crippen LogP) is 0.813. The highest BCUT2D eigenvalue weighted by Crippen LogP contribution is 2.20. The molecule has 1 aromatic heterocycles. The summed E-state index contributed by atoms with van der Waals surface area (Å²) in [5, 5.41) is 4.16. The Morgan fingerprint density at radius 1 is 1.64 bits per heavy atom. The third kappa shape index (κ3) is 1.81. The summed E-state index contributed by atoms with van der Waals surface area (Å²) in [7, 11) is 1.96. The van der Waals surface area contributed by atoms with Crippen LogP contribution in [0.4, 0.5) is 0 Å². The molecule has 1 aromatic rings. The minimum absolute atomic E-state index is 0.191. The summed E-state index contributed by atoms with van der Waals surface area (Å²) >= 11 is 0. The second kappa shape index (κ2) is 4.11. The normalized spacial score (nSPS) is 24.0. The van der Waals surface area contributed by atoms with Crippen LogP contribution in [-0.2, 0) is 11.8 Å². The van der Waals surface area contributed by atoms with Gasteiger partial charge in [-0.2, -0.15) is 5.10 Å². The summed E-state index contributed by atoms with van der Waals surface area (Å²) in [5.74, 6) is 0. The second-order valence-electron chi connectivity index (χ2n) is 3.63. The van der Waals surface area contributed by atoms with Gasteiger partial charge < -0.3 is 4.74 Å². The molecular weight excluding hydrogens is 178 g/mol. The van der Waals surface area contributed by atoms with Gasteiger partial charge >= 0.3 is 0 Å². The highest BCUT2D eigenvalue weighted by atomic mass is 16.5. The number of hydrogen-bond donors (Lipinski definition) is 0. The van der Waals surface area contributed by atoms with Gasteiger partial charge in [0.05, 0.1) is 12.3 Å². The Bertz CT molecular complexity index is 297. The van der Waals surface area contributed by atoms with Crippen LogP contribution in [0, 0.1) is 0 Å². The van der Waals surface area contributed by atoms with Crippen molar-refractivity contribution in [3.8, 4) is 0 Å². The van der Waals surface area contributed by atoms with Gasteiger partial charge in [0.25, 0.3) is 0 Å². The average molecular weight is 195 g/mol. The molecule has 0 aromatic carbocycles. The third-order valence-corrected chi connectivity index (χ3v) is 2.79. The van der Waals surface area contributed by atoms with E-state index in [9.17, 15) is 0 Å². The number of aromatic nitrogens is 2. The quantitative estimate of drug-likeness (QED) is 0.699. The van der Waals surface area contributed by atoms with E-state index in [1.807, 2.05) is 24.0 Å². The lowest BCUT2D eigenvalue weighted by molar-refractivity contribution is -0.0320. The van der Waals surface area contributed by atoms with Crippen LogP contribution in [-0.4, -0.2) is 40.9 Å². The Morgan fingerprint density at radius 2 is 2.50 bits per heavy atom. The summed E-state index contributed by atoms with van der Waals surface area (Å²) in [5.41, 5.74) is 1.17. The Balaban J connectivity index is 2.08. The molecule has 2 heterocycles. The maximum Gasteiger partial charge on any atom is 0.112 e. The van der Waals surface area contributed by atoms with Crippen LogP contribution in [0.5, 0.6) is 0 Å². The van der Waals surface area contributed by atoms with Crippen molar-refractivity contribution in [3.63, 3.8) is 0 Å². The molecule has 0 bridgehead atoms. The van der Waals surface area contributed by atoms with Gasteiger partial charge in [0, 0.05) is 26.3 Å². The summed E-state index contributed by atoms with van der Waals surface area (Å²) < 4.78 is 7.63. The van der Waals surface area contributed by atoms with Crippen molar-refractivity contribution in [1.29, 1.82) is 0 Å². The molecule has 0 radical (unpaired) electrons. The number of rotatable bonds is 2. The standard InChI is InChI=1S/C10H17N3O/c1-3-13-6-7-14-10(8-13)9-4-5-11-12(9)2/h4-5,10H,3,6-8H2,1-2H3. The first kappa shape index (κ1) is 9.68. The number of nitrogens with zero attached hydrogens (tertiary/aromatic N) is 3. The fourth-order valence-corrected chi connectivity index (χ4v) is 1.87. The van der Waals surface area contributed by atoms with Gasteiger partial charge in [-0.05, 0) is 12.6 Å². The fraction of sp³-hybridized carbons (Fsp3) is 0.700. The van der Waals surface area contributed by atoms with Crippen LogP contribution in [0.2, 0.25) is 0 Å². The number of aryl methyl sites for hydroxylation is 1. The molecule has 0 saturated carbocycles. The Kier molecular flexibility index (Phi) is 2.84. The molecule has 4 nitrogen and oxygen atoms in total. The van der Waals surface area contributed by atoms with Crippen molar-refractivity contribution in [2.75, 3.05) is 26.2 Å². The minimum atomic E-state index is 0.191. The number of morpholine rings is 1. The first-order chi connectivity index (χ1) is 6.81. The van der Waals surface area contributed by atoms with E-state index in [1.165, 1.54) is 5.69 Å². The van der Waals surface area contributed by atoms with E-state index < -0.39 is 0 Å². The van der Waals surface area contributed by atoms with Gasteiger partial charge in [0.1, 0.15) is 6.10 Å². The number of likely N-dealkylation sites (N-methyl/N-ethyl adjacent to an activating group) is 1. The van der Waals surface area contributed by atoms with E-state index in [4.69, 9.17) is 4.74 Å². The molecule has 1 aliphatic heterocycles. The van der Waals surface area contributed by atoms with E-state index in [0.29, 0.717) is 0 Å². The molecule has 4 heteroatoms. The summed E-state index contributed by atoms with van der Waals surface area (Å²) in [6, 6.07) is 2.03. The minimum Gasteiger partial charge on any atom is -0.369 e. The van der Waals surface area contributed by atoms with Crippen LogP contribution in [0.3, 0.4) is 0 Å². The summed E-state index contributed by atoms with van der Waals surface area (Å²) in [6.07, 6.45) is 2.01. The van der Waals surface area contributed by atoms with Gasteiger partial charge in [0.15, 0.2) is 0 Å². The highest BCUT2D eigenvalue weighted by Gasteiger charge is 2.22. The zero-order valence-corrected chi connectivity index (χ0v) is 8.81. The van der Waals surface area contributed by atoms with Crippen molar-refractivity contribution in [1.82, 2.24) is 14.7 Å². The molecule has 1 aliphatic rings. The van der Waals surface area contributed by atoms with Gasteiger partial charge in [-0.15, -0.1) is 0 Å². The van der Waals surface area contributed by atoms with Crippen molar-refractivity contribution >= 4 is 0 Å². The average Bonchev–Trinajstić information content (AvgIpc) is 2.65. The van der Waals surface area contributed by atoms with Crippen LogP contribution in [0.25, 0.3) is 0 Å². The molecule has 1 atom stereocenters. The lowest BCUT2D eigenvalue weighted by Gasteiger charge is -2.31. The molecule has 78 valence electrons. The largest absolute Gasteiger partial charge is 0.369 e. The van der Waals surface area contributed by atoms with Crippen molar-refractivity contribution < 1.29 is 4.74 Å². The van der Waals surface area contributed by atoms with Crippen LogP contribution < -0.4 is 0 Å². The molecule has 2 rings (SSSR count). The van der Waals surface area contributed by atoms with E-state index in [1.54, 1.807) is 0 Å². The van der Waals surface area contributed by atoms with Gasteiger partial charge in [0.2, 0.25) is 0 Å². The van der Waals surface area contributed by atoms with Crippen molar-refractivity contribution in [2.45, 2.75) is 13.0 Å². The van der Waals surface area contributed by atoms with E-state index >= 15 is 0 Å². The van der Waals surface area contributed by atoms with E-state index in [2.05, 4.69) is 16.9 Å². The number of ether oxygens (including phenoxy) is 1. The fourth-order valence-electron chi connectivity index (χ4n) is 1.87. The number of hydrogen-bond acceptors (Lipinski definition) is 3. The molecule has 0 N–H and O–H groups in total. The maximum absolute atomic E-state index is 5.73. The van der Waals surface area contributed by atoms with Gasteiger partial charge in [-0.1, -0.05) is 6.92 Å². The van der Waals surface area contributed by atoms with Crippen LogP contribution in [0.1, 0.15) is 18.7 Å². The summed E-state index contributed by atoms with van der Waals surface area (Å²) in [4.78, 5) is 2.40. The molecule has 1 unspecified atom stereocenters. The molecule has 0 spiro atoms. The zero-order chi connectivity index (χ0) is 9.97. The van der Waals surface area contributed by atoms with Gasteiger partial charge in [-0.3, -0.25) is 9.58 Å². The van der Waals surface area contributed by atoms with E-state index in [0.717, 1.165) is 26.2 Å². The SMILES string of the molecule is CCN1CCOC(c2ccnn2C)C1. The molecule has 1 fully saturated rings. The molecule has 0 aliphatic carbocycles. The third-order valence-electron chi connectivity index (χ3n) is 2.79. The Hall–Kier alpha value is -0.870. The lowest BCUT2D eigenvalue weighted by atomic mass is 10.2. The highest BCUT2D eigenvalue weighted by molar-refractivity contribution is 5.05. The second-order valence-corrected chi connectivity index (χ2v) is 3.63. The monoisotopic (exact) mass is 195 g/mol. The Morgan fingerprint density at radius 3 is 3.14 bits per heavy atom. The molecule has 14 heavy (non-hydrogen) atoms. The Labute approximate surface area is 84.5 Å². The van der Waals surface area contributed by atoms with Crippen LogP contribution >= 0.6 is 0 Å². The summed E-state index contributed by atoms with van der Waals surface area (Å²) in [6.45, 7) is 6.13.